The Bertz CT molecular complexity index is 423. The van der Waals surface area contributed by atoms with Crippen LogP contribution in [0.1, 0.15) is 37.7 Å². The number of rotatable bonds is 3. The summed E-state index contributed by atoms with van der Waals surface area (Å²) in [5, 5.41) is 2.99. The van der Waals surface area contributed by atoms with Crippen molar-refractivity contribution in [3.05, 3.63) is 23.8 Å². The van der Waals surface area contributed by atoms with Crippen LogP contribution in [0.15, 0.2) is 18.2 Å². The molecule has 98 valence electrons. The SMILES string of the molecule is COc1cc(NC(=O)C2CCCCC2)ccc1C. The number of anilines is 1. The van der Waals surface area contributed by atoms with E-state index in [1.165, 1.54) is 19.3 Å². The van der Waals surface area contributed by atoms with Gasteiger partial charge in [-0.05, 0) is 31.4 Å². The van der Waals surface area contributed by atoms with Crippen LogP contribution in [-0.2, 0) is 4.79 Å². The summed E-state index contributed by atoms with van der Waals surface area (Å²) in [6.07, 6.45) is 5.66. The number of amides is 1. The average Bonchev–Trinajstić information content (AvgIpc) is 2.42. The van der Waals surface area contributed by atoms with Gasteiger partial charge in [0.2, 0.25) is 5.91 Å². The highest BCUT2D eigenvalue weighted by molar-refractivity contribution is 5.92. The van der Waals surface area contributed by atoms with Gasteiger partial charge >= 0.3 is 0 Å². The van der Waals surface area contributed by atoms with Gasteiger partial charge in [-0.1, -0.05) is 25.3 Å². The molecule has 0 bridgehead atoms. The number of methoxy groups -OCH3 is 1. The molecule has 0 aromatic heterocycles. The summed E-state index contributed by atoms with van der Waals surface area (Å²) in [6.45, 7) is 1.99. The van der Waals surface area contributed by atoms with Gasteiger partial charge in [0, 0.05) is 17.7 Å². The Morgan fingerprint density at radius 2 is 2.00 bits per heavy atom. The summed E-state index contributed by atoms with van der Waals surface area (Å²) in [5.41, 5.74) is 1.90. The van der Waals surface area contributed by atoms with Crippen molar-refractivity contribution in [2.75, 3.05) is 12.4 Å². The maximum Gasteiger partial charge on any atom is 0.227 e. The Morgan fingerprint density at radius 3 is 2.67 bits per heavy atom. The molecule has 1 N–H and O–H groups in total. The Kier molecular flexibility index (Phi) is 4.24. The number of hydrogen-bond donors (Lipinski definition) is 1. The van der Waals surface area contributed by atoms with Crippen molar-refractivity contribution in [1.82, 2.24) is 0 Å². The Labute approximate surface area is 109 Å². The second kappa shape index (κ2) is 5.89. The second-order valence-corrected chi connectivity index (χ2v) is 5.01. The molecule has 1 aromatic rings. The van der Waals surface area contributed by atoms with E-state index in [2.05, 4.69) is 5.32 Å². The first kappa shape index (κ1) is 12.9. The lowest BCUT2D eigenvalue weighted by Gasteiger charge is -2.21. The van der Waals surface area contributed by atoms with E-state index in [-0.39, 0.29) is 11.8 Å². The summed E-state index contributed by atoms with van der Waals surface area (Å²) in [5.74, 6) is 1.16. The number of aryl methyl sites for hydroxylation is 1. The Balaban J connectivity index is 2.02. The first-order chi connectivity index (χ1) is 8.70. The lowest BCUT2D eigenvalue weighted by molar-refractivity contribution is -0.120. The van der Waals surface area contributed by atoms with Crippen LogP contribution in [0.3, 0.4) is 0 Å². The van der Waals surface area contributed by atoms with Gasteiger partial charge in [-0.15, -0.1) is 0 Å². The van der Waals surface area contributed by atoms with Crippen molar-refractivity contribution in [2.45, 2.75) is 39.0 Å². The van der Waals surface area contributed by atoms with Crippen molar-refractivity contribution in [1.29, 1.82) is 0 Å². The molecule has 0 saturated heterocycles. The Hall–Kier alpha value is -1.51. The monoisotopic (exact) mass is 247 g/mol. The highest BCUT2D eigenvalue weighted by Gasteiger charge is 2.21. The van der Waals surface area contributed by atoms with E-state index in [1.54, 1.807) is 7.11 Å². The van der Waals surface area contributed by atoms with Crippen LogP contribution >= 0.6 is 0 Å². The molecule has 0 radical (unpaired) electrons. The highest BCUT2D eigenvalue weighted by atomic mass is 16.5. The van der Waals surface area contributed by atoms with Crippen LogP contribution in [0.5, 0.6) is 5.75 Å². The fourth-order valence-corrected chi connectivity index (χ4v) is 2.51. The van der Waals surface area contributed by atoms with Crippen LogP contribution < -0.4 is 10.1 Å². The minimum atomic E-state index is 0.153. The molecule has 1 aromatic carbocycles. The summed E-state index contributed by atoms with van der Waals surface area (Å²) in [6, 6.07) is 5.78. The standard InChI is InChI=1S/C15H21NO2/c1-11-8-9-13(10-14(11)18-2)16-15(17)12-6-4-3-5-7-12/h8-10,12H,3-7H2,1-2H3,(H,16,17). The van der Waals surface area contributed by atoms with Gasteiger partial charge in [-0.25, -0.2) is 0 Å². The Morgan fingerprint density at radius 1 is 1.28 bits per heavy atom. The van der Waals surface area contributed by atoms with Crippen LogP contribution in [0.2, 0.25) is 0 Å². The fraction of sp³-hybridized carbons (Fsp3) is 0.533. The van der Waals surface area contributed by atoms with Gasteiger partial charge in [0.05, 0.1) is 7.11 Å². The maximum atomic E-state index is 12.1. The second-order valence-electron chi connectivity index (χ2n) is 5.01. The third kappa shape index (κ3) is 3.03. The maximum absolute atomic E-state index is 12.1. The lowest BCUT2D eigenvalue weighted by atomic mass is 9.88. The first-order valence-electron chi connectivity index (χ1n) is 6.66. The summed E-state index contributed by atoms with van der Waals surface area (Å²) in [4.78, 5) is 12.1. The molecule has 1 fully saturated rings. The molecule has 1 aliphatic rings. The molecule has 2 rings (SSSR count). The third-order valence-corrected chi connectivity index (χ3v) is 3.65. The smallest absolute Gasteiger partial charge is 0.227 e. The number of carbonyl (C=O) groups is 1. The number of hydrogen-bond acceptors (Lipinski definition) is 2. The van der Waals surface area contributed by atoms with E-state index in [1.807, 2.05) is 25.1 Å². The van der Waals surface area contributed by atoms with Gasteiger partial charge in [-0.2, -0.15) is 0 Å². The highest BCUT2D eigenvalue weighted by Crippen LogP contribution is 2.26. The zero-order valence-corrected chi connectivity index (χ0v) is 11.2. The molecule has 0 atom stereocenters. The van der Waals surface area contributed by atoms with E-state index in [0.29, 0.717) is 0 Å². The van der Waals surface area contributed by atoms with Gasteiger partial charge < -0.3 is 10.1 Å². The molecule has 0 spiro atoms. The van der Waals surface area contributed by atoms with Gasteiger partial charge in [0.1, 0.15) is 5.75 Å². The normalized spacial score (nSPS) is 16.3. The number of nitrogens with one attached hydrogen (secondary N) is 1. The predicted octanol–water partition coefficient (Wildman–Crippen LogP) is 3.52. The number of benzene rings is 1. The van der Waals surface area contributed by atoms with E-state index in [0.717, 1.165) is 29.8 Å². The minimum Gasteiger partial charge on any atom is -0.496 e. The van der Waals surface area contributed by atoms with Gasteiger partial charge in [0.25, 0.3) is 0 Å². The zero-order valence-electron chi connectivity index (χ0n) is 11.2. The van der Waals surface area contributed by atoms with Crippen LogP contribution in [0.4, 0.5) is 5.69 Å². The van der Waals surface area contributed by atoms with Crippen molar-refractivity contribution < 1.29 is 9.53 Å². The summed E-state index contributed by atoms with van der Waals surface area (Å²) in [7, 11) is 1.65. The lowest BCUT2D eigenvalue weighted by Crippen LogP contribution is -2.24. The van der Waals surface area contributed by atoms with E-state index in [9.17, 15) is 4.79 Å². The number of carbonyl (C=O) groups excluding carboxylic acids is 1. The quantitative estimate of drug-likeness (QED) is 0.887. The molecule has 0 heterocycles. The largest absolute Gasteiger partial charge is 0.496 e. The van der Waals surface area contributed by atoms with Gasteiger partial charge in [-0.3, -0.25) is 4.79 Å². The zero-order chi connectivity index (χ0) is 13.0. The summed E-state index contributed by atoms with van der Waals surface area (Å²) >= 11 is 0. The van der Waals surface area contributed by atoms with Crippen LogP contribution in [0.25, 0.3) is 0 Å². The molecule has 1 aliphatic carbocycles. The van der Waals surface area contributed by atoms with Gasteiger partial charge in [0.15, 0.2) is 0 Å². The first-order valence-corrected chi connectivity index (χ1v) is 6.66. The molecule has 0 unspecified atom stereocenters. The molecule has 3 nitrogen and oxygen atoms in total. The fourth-order valence-electron chi connectivity index (χ4n) is 2.51. The van der Waals surface area contributed by atoms with Crippen molar-refractivity contribution in [2.24, 2.45) is 5.92 Å². The van der Waals surface area contributed by atoms with Crippen molar-refractivity contribution >= 4 is 11.6 Å². The van der Waals surface area contributed by atoms with E-state index >= 15 is 0 Å². The molecular formula is C15H21NO2. The van der Waals surface area contributed by atoms with E-state index in [4.69, 9.17) is 4.74 Å². The molecule has 0 aliphatic heterocycles. The van der Waals surface area contributed by atoms with Crippen LogP contribution in [-0.4, -0.2) is 13.0 Å². The molecule has 1 amide bonds. The molecule has 1 saturated carbocycles. The topological polar surface area (TPSA) is 38.3 Å². The molecular weight excluding hydrogens is 226 g/mol. The third-order valence-electron chi connectivity index (χ3n) is 3.65. The summed E-state index contributed by atoms with van der Waals surface area (Å²) < 4.78 is 5.26. The van der Waals surface area contributed by atoms with Crippen LogP contribution in [0, 0.1) is 12.8 Å². The predicted molar refractivity (Wildman–Crippen MR) is 72.9 cm³/mol. The molecule has 18 heavy (non-hydrogen) atoms. The van der Waals surface area contributed by atoms with Crippen molar-refractivity contribution in [3.8, 4) is 5.75 Å². The van der Waals surface area contributed by atoms with Crippen molar-refractivity contribution in [3.63, 3.8) is 0 Å². The number of ether oxygens (including phenoxy) is 1. The average molecular weight is 247 g/mol. The molecule has 3 heteroatoms. The minimum absolute atomic E-state index is 0.153. The van der Waals surface area contributed by atoms with E-state index < -0.39 is 0 Å².